The molecule has 0 saturated carbocycles. The SMILES string of the molecule is COc1cc(OCc2ccccc2)c([C@@H]2COC(=O)N2)cc1OC. The third-order valence-corrected chi connectivity index (χ3v) is 3.80. The molecular formula is C18H19NO5. The van der Waals surface area contributed by atoms with Crippen molar-refractivity contribution in [3.8, 4) is 17.2 Å². The van der Waals surface area contributed by atoms with Crippen LogP contribution in [0.25, 0.3) is 0 Å². The molecule has 0 bridgehead atoms. The van der Waals surface area contributed by atoms with E-state index in [0.717, 1.165) is 11.1 Å². The summed E-state index contributed by atoms with van der Waals surface area (Å²) < 4.78 is 21.7. The molecule has 0 aliphatic carbocycles. The maximum absolute atomic E-state index is 11.4. The number of ether oxygens (including phenoxy) is 4. The number of hydrogen-bond acceptors (Lipinski definition) is 5. The van der Waals surface area contributed by atoms with Crippen molar-refractivity contribution in [1.82, 2.24) is 5.32 Å². The van der Waals surface area contributed by atoms with Crippen molar-refractivity contribution in [3.05, 3.63) is 53.6 Å². The Hall–Kier alpha value is -2.89. The second kappa shape index (κ2) is 7.12. The van der Waals surface area contributed by atoms with Crippen LogP contribution >= 0.6 is 0 Å². The number of carbonyl (C=O) groups is 1. The first kappa shape index (κ1) is 16.0. The van der Waals surface area contributed by atoms with E-state index in [1.165, 1.54) is 0 Å². The molecular weight excluding hydrogens is 310 g/mol. The van der Waals surface area contributed by atoms with Gasteiger partial charge < -0.3 is 24.3 Å². The first-order valence-corrected chi connectivity index (χ1v) is 7.57. The molecule has 3 rings (SSSR count). The molecule has 1 N–H and O–H groups in total. The second-order valence-corrected chi connectivity index (χ2v) is 5.31. The van der Waals surface area contributed by atoms with Crippen LogP contribution < -0.4 is 19.5 Å². The Morgan fingerprint density at radius 3 is 2.42 bits per heavy atom. The summed E-state index contributed by atoms with van der Waals surface area (Å²) in [4.78, 5) is 11.4. The molecule has 126 valence electrons. The number of carbonyl (C=O) groups excluding carboxylic acids is 1. The fraction of sp³-hybridized carbons (Fsp3) is 0.278. The molecule has 1 atom stereocenters. The van der Waals surface area contributed by atoms with Gasteiger partial charge in [0.25, 0.3) is 0 Å². The number of cyclic esters (lactones) is 1. The summed E-state index contributed by atoms with van der Waals surface area (Å²) in [5, 5.41) is 2.76. The van der Waals surface area contributed by atoms with E-state index < -0.39 is 6.09 Å². The van der Waals surface area contributed by atoms with Gasteiger partial charge in [-0.25, -0.2) is 4.79 Å². The van der Waals surface area contributed by atoms with Crippen molar-refractivity contribution in [2.45, 2.75) is 12.6 Å². The van der Waals surface area contributed by atoms with Gasteiger partial charge in [-0.15, -0.1) is 0 Å². The Labute approximate surface area is 140 Å². The van der Waals surface area contributed by atoms with Crippen molar-refractivity contribution >= 4 is 6.09 Å². The van der Waals surface area contributed by atoms with Crippen LogP contribution in [0.1, 0.15) is 17.2 Å². The van der Waals surface area contributed by atoms with Crippen molar-refractivity contribution in [1.29, 1.82) is 0 Å². The first-order valence-electron chi connectivity index (χ1n) is 7.57. The summed E-state index contributed by atoms with van der Waals surface area (Å²) in [5.74, 6) is 1.75. The van der Waals surface area contributed by atoms with Gasteiger partial charge in [0, 0.05) is 11.6 Å². The van der Waals surface area contributed by atoms with Gasteiger partial charge >= 0.3 is 6.09 Å². The van der Waals surface area contributed by atoms with Crippen molar-refractivity contribution in [2.24, 2.45) is 0 Å². The van der Waals surface area contributed by atoms with E-state index in [2.05, 4.69) is 5.32 Å². The van der Waals surface area contributed by atoms with E-state index in [0.29, 0.717) is 23.9 Å². The Morgan fingerprint density at radius 1 is 1.08 bits per heavy atom. The lowest BCUT2D eigenvalue weighted by Gasteiger charge is -2.18. The molecule has 0 aromatic heterocycles. The van der Waals surface area contributed by atoms with Gasteiger partial charge in [-0.3, -0.25) is 0 Å². The van der Waals surface area contributed by atoms with Crippen LogP contribution in [0, 0.1) is 0 Å². The molecule has 1 aliphatic heterocycles. The highest BCUT2D eigenvalue weighted by Gasteiger charge is 2.28. The predicted octanol–water partition coefficient (Wildman–Crippen LogP) is 3.06. The molecule has 1 saturated heterocycles. The highest BCUT2D eigenvalue weighted by molar-refractivity contribution is 5.70. The first-order chi connectivity index (χ1) is 11.7. The number of benzene rings is 2. The average Bonchev–Trinajstić information content (AvgIpc) is 3.06. The van der Waals surface area contributed by atoms with Gasteiger partial charge in [-0.1, -0.05) is 30.3 Å². The quantitative estimate of drug-likeness (QED) is 0.882. The Kier molecular flexibility index (Phi) is 4.74. The van der Waals surface area contributed by atoms with Gasteiger partial charge in [-0.2, -0.15) is 0 Å². The zero-order valence-corrected chi connectivity index (χ0v) is 13.6. The lowest BCUT2D eigenvalue weighted by atomic mass is 10.1. The predicted molar refractivity (Wildman–Crippen MR) is 87.5 cm³/mol. The second-order valence-electron chi connectivity index (χ2n) is 5.31. The van der Waals surface area contributed by atoms with Gasteiger partial charge in [0.1, 0.15) is 19.0 Å². The minimum Gasteiger partial charge on any atom is -0.493 e. The number of alkyl carbamates (subject to hydrolysis) is 1. The van der Waals surface area contributed by atoms with E-state index in [1.807, 2.05) is 30.3 Å². The van der Waals surface area contributed by atoms with Crippen LogP contribution in [0.15, 0.2) is 42.5 Å². The smallest absolute Gasteiger partial charge is 0.407 e. The van der Waals surface area contributed by atoms with Gasteiger partial charge in [0.2, 0.25) is 0 Å². The number of nitrogens with one attached hydrogen (secondary N) is 1. The van der Waals surface area contributed by atoms with Crippen molar-refractivity contribution in [2.75, 3.05) is 20.8 Å². The van der Waals surface area contributed by atoms with E-state index in [-0.39, 0.29) is 12.6 Å². The summed E-state index contributed by atoms with van der Waals surface area (Å²) in [7, 11) is 3.13. The lowest BCUT2D eigenvalue weighted by Crippen LogP contribution is -2.19. The zero-order chi connectivity index (χ0) is 16.9. The van der Waals surface area contributed by atoms with Crippen LogP contribution in [0.4, 0.5) is 4.79 Å². The number of methoxy groups -OCH3 is 2. The molecule has 2 aromatic carbocycles. The molecule has 1 amide bonds. The van der Waals surface area contributed by atoms with Crippen LogP contribution in [-0.4, -0.2) is 26.9 Å². The van der Waals surface area contributed by atoms with Crippen LogP contribution in [0.2, 0.25) is 0 Å². The highest BCUT2D eigenvalue weighted by atomic mass is 16.6. The molecule has 1 fully saturated rings. The molecule has 24 heavy (non-hydrogen) atoms. The van der Waals surface area contributed by atoms with Crippen LogP contribution in [0.3, 0.4) is 0 Å². The molecule has 6 nitrogen and oxygen atoms in total. The van der Waals surface area contributed by atoms with E-state index in [4.69, 9.17) is 18.9 Å². The summed E-state index contributed by atoms with van der Waals surface area (Å²) in [5.41, 5.74) is 1.83. The van der Waals surface area contributed by atoms with E-state index in [1.54, 1.807) is 26.4 Å². The third-order valence-electron chi connectivity index (χ3n) is 3.80. The van der Waals surface area contributed by atoms with Crippen LogP contribution in [-0.2, 0) is 11.3 Å². The summed E-state index contributed by atoms with van der Waals surface area (Å²) >= 11 is 0. The fourth-order valence-corrected chi connectivity index (χ4v) is 2.56. The number of amides is 1. The standard InChI is InChI=1S/C18H19NO5/c1-21-16-8-13(14-11-24-18(20)19-14)15(9-17(16)22-2)23-10-12-6-4-3-5-7-12/h3-9,14H,10-11H2,1-2H3,(H,19,20)/t14-/m0/s1. The molecule has 1 aliphatic rings. The van der Waals surface area contributed by atoms with E-state index in [9.17, 15) is 4.79 Å². The summed E-state index contributed by atoms with van der Waals surface area (Å²) in [6, 6.07) is 13.1. The lowest BCUT2D eigenvalue weighted by molar-refractivity contribution is 0.176. The molecule has 0 radical (unpaired) electrons. The Bertz CT molecular complexity index is 717. The maximum Gasteiger partial charge on any atom is 0.407 e. The van der Waals surface area contributed by atoms with Crippen molar-refractivity contribution in [3.63, 3.8) is 0 Å². The molecule has 0 unspecified atom stereocenters. The van der Waals surface area contributed by atoms with Gasteiger partial charge in [0.05, 0.1) is 20.3 Å². The van der Waals surface area contributed by atoms with Crippen LogP contribution in [0.5, 0.6) is 17.2 Å². The molecule has 1 heterocycles. The Morgan fingerprint density at radius 2 is 1.79 bits per heavy atom. The van der Waals surface area contributed by atoms with Crippen molar-refractivity contribution < 1.29 is 23.7 Å². The molecule has 0 spiro atoms. The number of hydrogen-bond donors (Lipinski definition) is 1. The Balaban J connectivity index is 1.90. The van der Waals surface area contributed by atoms with E-state index >= 15 is 0 Å². The minimum atomic E-state index is -0.441. The topological polar surface area (TPSA) is 66.0 Å². The fourth-order valence-electron chi connectivity index (χ4n) is 2.56. The largest absolute Gasteiger partial charge is 0.493 e. The molecule has 6 heteroatoms. The zero-order valence-electron chi connectivity index (χ0n) is 13.6. The monoisotopic (exact) mass is 329 g/mol. The number of rotatable bonds is 6. The maximum atomic E-state index is 11.4. The van der Waals surface area contributed by atoms with Gasteiger partial charge in [0.15, 0.2) is 11.5 Å². The normalized spacial score (nSPS) is 16.2. The van der Waals surface area contributed by atoms with Gasteiger partial charge in [-0.05, 0) is 11.6 Å². The highest BCUT2D eigenvalue weighted by Crippen LogP contribution is 2.38. The third kappa shape index (κ3) is 3.37. The summed E-state index contributed by atoms with van der Waals surface area (Å²) in [6.45, 7) is 0.654. The average molecular weight is 329 g/mol. The molecule has 2 aromatic rings. The summed E-state index contributed by atoms with van der Waals surface area (Å²) in [6.07, 6.45) is -0.441. The minimum absolute atomic E-state index is 0.246.